The Morgan fingerprint density at radius 1 is 1.12 bits per heavy atom. The van der Waals surface area contributed by atoms with E-state index in [1.807, 2.05) is 0 Å². The first-order chi connectivity index (χ1) is 16.0. The van der Waals surface area contributed by atoms with Crippen LogP contribution >= 0.6 is 11.6 Å². The van der Waals surface area contributed by atoms with Gasteiger partial charge in [-0.25, -0.2) is 8.42 Å². The Morgan fingerprint density at radius 3 is 2.38 bits per heavy atom. The fraction of sp³-hybridized carbons (Fsp3) is 0.391. The highest BCUT2D eigenvalue weighted by Gasteiger charge is 2.30. The molecule has 0 aliphatic heterocycles. The molecule has 1 N–H and O–H groups in total. The fourth-order valence-electron chi connectivity index (χ4n) is 3.30. The minimum atomic E-state index is -3.86. The van der Waals surface area contributed by atoms with Gasteiger partial charge in [0.2, 0.25) is 21.8 Å². The van der Waals surface area contributed by atoms with Crippen LogP contribution in [-0.2, 0) is 26.2 Å². The number of hydrogen-bond donors (Lipinski definition) is 1. The van der Waals surface area contributed by atoms with Crippen molar-refractivity contribution < 1.29 is 27.5 Å². The molecule has 0 aliphatic rings. The molecule has 2 aromatic rings. The van der Waals surface area contributed by atoms with E-state index in [1.165, 1.54) is 37.3 Å². The van der Waals surface area contributed by atoms with Crippen LogP contribution in [0.3, 0.4) is 0 Å². The summed E-state index contributed by atoms with van der Waals surface area (Å²) in [6, 6.07) is 10.7. The van der Waals surface area contributed by atoms with E-state index in [0.29, 0.717) is 18.0 Å². The molecule has 0 fully saturated rings. The Balaban J connectivity index is 2.42. The second-order valence-electron chi connectivity index (χ2n) is 7.53. The number of likely N-dealkylation sites (N-methyl/N-ethyl adjacent to an activating group) is 1. The predicted octanol–water partition coefficient (Wildman–Crippen LogP) is 2.68. The van der Waals surface area contributed by atoms with Gasteiger partial charge in [0.1, 0.15) is 24.1 Å². The van der Waals surface area contributed by atoms with Crippen LogP contribution in [0.4, 0.5) is 5.69 Å². The number of carbonyl (C=O) groups is 2. The van der Waals surface area contributed by atoms with Gasteiger partial charge in [-0.1, -0.05) is 23.7 Å². The number of nitrogens with zero attached hydrogens (tertiary/aromatic N) is 2. The quantitative estimate of drug-likeness (QED) is 0.497. The smallest absolute Gasteiger partial charge is 0.244 e. The highest BCUT2D eigenvalue weighted by atomic mass is 35.5. The second-order valence-corrected chi connectivity index (χ2v) is 9.85. The molecule has 186 valence electrons. The first-order valence-electron chi connectivity index (χ1n) is 10.5. The minimum Gasteiger partial charge on any atom is -0.497 e. The molecule has 2 amide bonds. The van der Waals surface area contributed by atoms with Gasteiger partial charge in [-0.05, 0) is 49.7 Å². The van der Waals surface area contributed by atoms with Gasteiger partial charge in [0.15, 0.2) is 0 Å². The number of methoxy groups -OCH3 is 2. The third kappa shape index (κ3) is 7.01. The SMILES string of the molecule is CCNC(=O)[C@@H](C)N(Cc1cccc(OC)c1)C(=O)CN(c1ccc(OC)c(Cl)c1)S(C)(=O)=O. The van der Waals surface area contributed by atoms with E-state index in [9.17, 15) is 18.0 Å². The Bertz CT molecular complexity index is 1130. The van der Waals surface area contributed by atoms with Crippen LogP contribution in [0.15, 0.2) is 42.5 Å². The van der Waals surface area contributed by atoms with Crippen molar-refractivity contribution in [3.63, 3.8) is 0 Å². The van der Waals surface area contributed by atoms with Gasteiger partial charge in [-0.2, -0.15) is 0 Å². The molecule has 0 spiro atoms. The van der Waals surface area contributed by atoms with Crippen LogP contribution in [0.25, 0.3) is 0 Å². The van der Waals surface area contributed by atoms with Gasteiger partial charge in [-0.3, -0.25) is 13.9 Å². The molecule has 0 aromatic heterocycles. The summed E-state index contributed by atoms with van der Waals surface area (Å²) in [5.41, 5.74) is 0.927. The largest absolute Gasteiger partial charge is 0.497 e. The van der Waals surface area contributed by atoms with Gasteiger partial charge in [0, 0.05) is 13.1 Å². The molecule has 2 rings (SSSR count). The Kier molecular flexibility index (Phi) is 9.57. The van der Waals surface area contributed by atoms with Gasteiger partial charge in [0.25, 0.3) is 0 Å². The van der Waals surface area contributed by atoms with E-state index in [2.05, 4.69) is 5.32 Å². The zero-order valence-electron chi connectivity index (χ0n) is 19.9. The Morgan fingerprint density at radius 2 is 1.82 bits per heavy atom. The lowest BCUT2D eigenvalue weighted by atomic mass is 10.1. The number of halogens is 1. The molecule has 2 aromatic carbocycles. The highest BCUT2D eigenvalue weighted by molar-refractivity contribution is 7.92. The lowest BCUT2D eigenvalue weighted by molar-refractivity contribution is -0.139. The van der Waals surface area contributed by atoms with Crippen LogP contribution < -0.4 is 19.1 Å². The van der Waals surface area contributed by atoms with E-state index in [1.54, 1.807) is 38.1 Å². The summed E-state index contributed by atoms with van der Waals surface area (Å²) in [7, 11) is -0.883. The molecular formula is C23H30ClN3O6S. The molecule has 1 atom stereocenters. The highest BCUT2D eigenvalue weighted by Crippen LogP contribution is 2.30. The second kappa shape index (κ2) is 11.9. The van der Waals surface area contributed by atoms with Gasteiger partial charge in [0.05, 0.1) is 31.2 Å². The third-order valence-corrected chi connectivity index (χ3v) is 6.54. The van der Waals surface area contributed by atoms with Crippen molar-refractivity contribution in [3.8, 4) is 11.5 Å². The first-order valence-corrected chi connectivity index (χ1v) is 12.8. The van der Waals surface area contributed by atoms with Gasteiger partial charge < -0.3 is 19.7 Å². The van der Waals surface area contributed by atoms with E-state index >= 15 is 0 Å². The monoisotopic (exact) mass is 511 g/mol. The zero-order chi connectivity index (χ0) is 25.5. The van der Waals surface area contributed by atoms with Crippen LogP contribution in [0, 0.1) is 0 Å². The minimum absolute atomic E-state index is 0.0787. The van der Waals surface area contributed by atoms with Gasteiger partial charge in [-0.15, -0.1) is 0 Å². The van der Waals surface area contributed by atoms with Crippen molar-refractivity contribution in [2.24, 2.45) is 0 Å². The summed E-state index contributed by atoms with van der Waals surface area (Å²) < 4.78 is 36.5. The molecule has 0 aliphatic carbocycles. The predicted molar refractivity (Wildman–Crippen MR) is 132 cm³/mol. The molecule has 11 heteroatoms. The first kappa shape index (κ1) is 27.3. The molecule has 0 radical (unpaired) electrons. The number of ether oxygens (including phenoxy) is 2. The van der Waals surface area contributed by atoms with Crippen molar-refractivity contribution >= 4 is 39.1 Å². The summed E-state index contributed by atoms with van der Waals surface area (Å²) in [5, 5.41) is 2.90. The maximum atomic E-state index is 13.4. The number of anilines is 1. The van der Waals surface area contributed by atoms with E-state index in [0.717, 1.165) is 16.1 Å². The number of amides is 2. The molecular weight excluding hydrogens is 482 g/mol. The van der Waals surface area contributed by atoms with Crippen LogP contribution in [0.5, 0.6) is 11.5 Å². The summed E-state index contributed by atoms with van der Waals surface area (Å²) in [6.45, 7) is 3.32. The number of hydrogen-bond acceptors (Lipinski definition) is 6. The standard InChI is InChI=1S/C23H30ClN3O6S/c1-6-25-23(29)16(2)26(14-17-8-7-9-19(12-17)32-3)22(28)15-27(34(5,30)31)18-10-11-21(33-4)20(24)13-18/h7-13,16H,6,14-15H2,1-5H3,(H,25,29)/t16-/m1/s1. The van der Waals surface area contributed by atoms with Crippen LogP contribution in [-0.4, -0.2) is 64.7 Å². The van der Waals surface area contributed by atoms with Crippen molar-refractivity contribution in [3.05, 3.63) is 53.1 Å². The number of rotatable bonds is 11. The molecule has 9 nitrogen and oxygen atoms in total. The number of nitrogens with one attached hydrogen (secondary N) is 1. The van der Waals surface area contributed by atoms with Crippen molar-refractivity contribution in [2.75, 3.05) is 37.9 Å². The van der Waals surface area contributed by atoms with E-state index in [4.69, 9.17) is 21.1 Å². The number of carbonyl (C=O) groups excluding carboxylic acids is 2. The fourth-order valence-corrected chi connectivity index (χ4v) is 4.39. The summed E-state index contributed by atoms with van der Waals surface area (Å²) in [5.74, 6) is 0.0620. The lowest BCUT2D eigenvalue weighted by Crippen LogP contribution is -2.51. The summed E-state index contributed by atoms with van der Waals surface area (Å²) in [6.07, 6.45) is 0.998. The van der Waals surface area contributed by atoms with E-state index < -0.39 is 28.5 Å². The topological polar surface area (TPSA) is 105 Å². The maximum absolute atomic E-state index is 13.4. The lowest BCUT2D eigenvalue weighted by Gasteiger charge is -2.31. The molecule has 0 heterocycles. The van der Waals surface area contributed by atoms with E-state index in [-0.39, 0.29) is 23.2 Å². The molecule has 0 bridgehead atoms. The average molecular weight is 512 g/mol. The third-order valence-electron chi connectivity index (χ3n) is 5.11. The average Bonchev–Trinajstić information content (AvgIpc) is 2.79. The van der Waals surface area contributed by atoms with Crippen LogP contribution in [0.2, 0.25) is 5.02 Å². The van der Waals surface area contributed by atoms with Gasteiger partial charge >= 0.3 is 0 Å². The Hall–Kier alpha value is -2.98. The molecule has 0 unspecified atom stereocenters. The molecule has 0 saturated carbocycles. The van der Waals surface area contributed by atoms with Crippen molar-refractivity contribution in [1.82, 2.24) is 10.2 Å². The number of sulfonamides is 1. The summed E-state index contributed by atoms with van der Waals surface area (Å²) in [4.78, 5) is 27.4. The normalized spacial score (nSPS) is 11.9. The molecule has 34 heavy (non-hydrogen) atoms. The van der Waals surface area contributed by atoms with Crippen molar-refractivity contribution in [1.29, 1.82) is 0 Å². The van der Waals surface area contributed by atoms with Crippen LogP contribution in [0.1, 0.15) is 19.4 Å². The Labute approximate surface area is 205 Å². The maximum Gasteiger partial charge on any atom is 0.244 e. The molecule has 0 saturated heterocycles. The summed E-state index contributed by atoms with van der Waals surface area (Å²) >= 11 is 6.18. The number of benzene rings is 2. The van der Waals surface area contributed by atoms with Crippen molar-refractivity contribution in [2.45, 2.75) is 26.4 Å². The zero-order valence-corrected chi connectivity index (χ0v) is 21.4.